The molecule has 0 atom stereocenters. The van der Waals surface area contributed by atoms with Crippen molar-refractivity contribution in [3.05, 3.63) is 24.3 Å². The second-order valence-corrected chi connectivity index (χ2v) is 5.46. The monoisotopic (exact) mass is 228 g/mol. The maximum Gasteiger partial charge on any atom is 0.178 e. The van der Waals surface area contributed by atoms with Crippen molar-refractivity contribution in [2.75, 3.05) is 12.9 Å². The van der Waals surface area contributed by atoms with Crippen LogP contribution in [0.15, 0.2) is 29.2 Å². The van der Waals surface area contributed by atoms with Gasteiger partial charge in [-0.15, -0.1) is 0 Å². The van der Waals surface area contributed by atoms with Crippen LogP contribution in [0.25, 0.3) is 0 Å². The highest BCUT2D eigenvalue weighted by atomic mass is 32.2. The third-order valence-electron chi connectivity index (χ3n) is 2.17. The molecule has 1 aromatic rings. The molecular weight excluding hydrogens is 212 g/mol. The van der Waals surface area contributed by atoms with E-state index in [1.165, 1.54) is 7.11 Å². The first-order chi connectivity index (χ1) is 7.10. The number of methoxy groups -OCH3 is 1. The Morgan fingerprint density at radius 3 is 2.67 bits per heavy atom. The van der Waals surface area contributed by atoms with Gasteiger partial charge in [-0.05, 0) is 24.6 Å². The molecule has 0 amide bonds. The largest absolute Gasteiger partial charge is 0.497 e. The Balaban J connectivity index is 2.94. The number of hydrogen-bond donors (Lipinski definition) is 0. The number of ether oxygens (including phenoxy) is 1. The molecule has 0 bridgehead atoms. The Bertz CT molecular complexity index is 410. The molecule has 4 heteroatoms. The van der Waals surface area contributed by atoms with Crippen molar-refractivity contribution < 1.29 is 13.2 Å². The summed E-state index contributed by atoms with van der Waals surface area (Å²) in [6.07, 6.45) is 1.57. The molecule has 1 aromatic carbocycles. The fourth-order valence-electron chi connectivity index (χ4n) is 1.25. The number of unbranched alkanes of at least 4 members (excludes halogenated alkanes) is 1. The molecule has 0 saturated heterocycles. The van der Waals surface area contributed by atoms with Gasteiger partial charge in [-0.25, -0.2) is 8.42 Å². The van der Waals surface area contributed by atoms with Crippen molar-refractivity contribution in [1.82, 2.24) is 0 Å². The first-order valence-electron chi connectivity index (χ1n) is 4.97. The average molecular weight is 228 g/mol. The van der Waals surface area contributed by atoms with Gasteiger partial charge >= 0.3 is 0 Å². The van der Waals surface area contributed by atoms with E-state index < -0.39 is 9.84 Å². The Morgan fingerprint density at radius 2 is 2.07 bits per heavy atom. The fourth-order valence-corrected chi connectivity index (χ4v) is 2.73. The molecule has 0 aromatic heterocycles. The molecule has 84 valence electrons. The summed E-state index contributed by atoms with van der Waals surface area (Å²) in [4.78, 5) is 0.343. The number of sulfone groups is 1. The first kappa shape index (κ1) is 12.0. The summed E-state index contributed by atoms with van der Waals surface area (Å²) in [5.41, 5.74) is 0. The molecule has 15 heavy (non-hydrogen) atoms. The summed E-state index contributed by atoms with van der Waals surface area (Å²) in [5.74, 6) is 0.781. The van der Waals surface area contributed by atoms with Crippen LogP contribution in [-0.2, 0) is 9.84 Å². The van der Waals surface area contributed by atoms with E-state index in [-0.39, 0.29) is 5.75 Å². The van der Waals surface area contributed by atoms with Gasteiger partial charge in [-0.2, -0.15) is 0 Å². The highest BCUT2D eigenvalue weighted by Crippen LogP contribution is 2.18. The third-order valence-corrected chi connectivity index (χ3v) is 3.97. The van der Waals surface area contributed by atoms with Gasteiger partial charge in [0.15, 0.2) is 9.84 Å². The molecule has 0 aliphatic rings. The lowest BCUT2D eigenvalue weighted by Crippen LogP contribution is -2.06. The van der Waals surface area contributed by atoms with Gasteiger partial charge in [0, 0.05) is 0 Å². The Kier molecular flexibility index (Phi) is 4.15. The second kappa shape index (κ2) is 5.16. The Labute approximate surface area is 91.0 Å². The van der Waals surface area contributed by atoms with Gasteiger partial charge in [-0.3, -0.25) is 0 Å². The van der Waals surface area contributed by atoms with Crippen LogP contribution >= 0.6 is 0 Å². The molecule has 0 aliphatic heterocycles. The second-order valence-electron chi connectivity index (χ2n) is 3.35. The molecule has 0 fully saturated rings. The summed E-state index contributed by atoms with van der Waals surface area (Å²) in [6, 6.07) is 6.59. The van der Waals surface area contributed by atoms with Crippen molar-refractivity contribution in [1.29, 1.82) is 0 Å². The minimum atomic E-state index is -3.14. The minimum Gasteiger partial charge on any atom is -0.497 e. The summed E-state index contributed by atoms with van der Waals surface area (Å²) >= 11 is 0. The van der Waals surface area contributed by atoms with Gasteiger partial charge in [0.2, 0.25) is 0 Å². The highest BCUT2D eigenvalue weighted by molar-refractivity contribution is 7.91. The van der Waals surface area contributed by atoms with Crippen LogP contribution in [0.2, 0.25) is 0 Å². The maximum atomic E-state index is 11.8. The van der Waals surface area contributed by atoms with Crippen molar-refractivity contribution in [3.8, 4) is 5.75 Å². The molecular formula is C11H16O3S. The van der Waals surface area contributed by atoms with Crippen LogP contribution in [-0.4, -0.2) is 21.3 Å². The summed E-state index contributed by atoms with van der Waals surface area (Å²) in [6.45, 7) is 1.97. The van der Waals surface area contributed by atoms with E-state index >= 15 is 0 Å². The van der Waals surface area contributed by atoms with E-state index in [9.17, 15) is 8.42 Å². The average Bonchev–Trinajstić information content (AvgIpc) is 2.26. The SMILES string of the molecule is CCCCS(=O)(=O)c1cccc(OC)c1. The van der Waals surface area contributed by atoms with E-state index in [1.54, 1.807) is 24.3 Å². The molecule has 1 rings (SSSR count). The summed E-state index contributed by atoms with van der Waals surface area (Å²) in [5, 5.41) is 0. The molecule has 0 radical (unpaired) electrons. The molecule has 0 saturated carbocycles. The van der Waals surface area contributed by atoms with Crippen LogP contribution < -0.4 is 4.74 Å². The lowest BCUT2D eigenvalue weighted by molar-refractivity contribution is 0.413. The Hall–Kier alpha value is -1.03. The highest BCUT2D eigenvalue weighted by Gasteiger charge is 2.13. The van der Waals surface area contributed by atoms with Gasteiger partial charge in [0.1, 0.15) is 5.75 Å². The smallest absolute Gasteiger partial charge is 0.178 e. The molecule has 0 N–H and O–H groups in total. The van der Waals surface area contributed by atoms with Crippen molar-refractivity contribution in [2.45, 2.75) is 24.7 Å². The van der Waals surface area contributed by atoms with Gasteiger partial charge in [0.25, 0.3) is 0 Å². The van der Waals surface area contributed by atoms with Gasteiger partial charge in [-0.1, -0.05) is 19.4 Å². The first-order valence-corrected chi connectivity index (χ1v) is 6.62. The molecule has 0 heterocycles. The predicted octanol–water partition coefficient (Wildman–Crippen LogP) is 2.27. The predicted molar refractivity (Wildman–Crippen MR) is 60.0 cm³/mol. The van der Waals surface area contributed by atoms with Gasteiger partial charge < -0.3 is 4.74 Å². The zero-order chi connectivity index (χ0) is 11.3. The lowest BCUT2D eigenvalue weighted by Gasteiger charge is -2.05. The zero-order valence-electron chi connectivity index (χ0n) is 9.06. The van der Waals surface area contributed by atoms with Crippen LogP contribution in [0.4, 0.5) is 0 Å². The quantitative estimate of drug-likeness (QED) is 0.776. The standard InChI is InChI=1S/C11H16O3S/c1-3-4-8-15(12,13)11-7-5-6-10(9-11)14-2/h5-7,9H,3-4,8H2,1-2H3. The van der Waals surface area contributed by atoms with Gasteiger partial charge in [0.05, 0.1) is 17.8 Å². The number of rotatable bonds is 5. The molecule has 3 nitrogen and oxygen atoms in total. The fraction of sp³-hybridized carbons (Fsp3) is 0.455. The number of benzene rings is 1. The van der Waals surface area contributed by atoms with Crippen LogP contribution in [0.3, 0.4) is 0 Å². The van der Waals surface area contributed by atoms with E-state index in [0.29, 0.717) is 17.1 Å². The maximum absolute atomic E-state index is 11.8. The Morgan fingerprint density at radius 1 is 1.33 bits per heavy atom. The summed E-state index contributed by atoms with van der Waals surface area (Å²) < 4.78 is 28.6. The minimum absolute atomic E-state index is 0.205. The van der Waals surface area contributed by atoms with E-state index in [1.807, 2.05) is 6.92 Å². The van der Waals surface area contributed by atoms with Crippen LogP contribution in [0.5, 0.6) is 5.75 Å². The normalized spacial score (nSPS) is 11.3. The van der Waals surface area contributed by atoms with Crippen molar-refractivity contribution in [3.63, 3.8) is 0 Å². The van der Waals surface area contributed by atoms with Crippen molar-refractivity contribution in [2.24, 2.45) is 0 Å². The third kappa shape index (κ3) is 3.23. The zero-order valence-corrected chi connectivity index (χ0v) is 9.88. The van der Waals surface area contributed by atoms with E-state index in [2.05, 4.69) is 0 Å². The van der Waals surface area contributed by atoms with E-state index in [0.717, 1.165) is 6.42 Å². The lowest BCUT2D eigenvalue weighted by atomic mass is 10.3. The van der Waals surface area contributed by atoms with Crippen LogP contribution in [0, 0.1) is 0 Å². The molecule has 0 spiro atoms. The topological polar surface area (TPSA) is 43.4 Å². The summed E-state index contributed by atoms with van der Waals surface area (Å²) in [7, 11) is -1.61. The molecule has 0 aliphatic carbocycles. The van der Waals surface area contributed by atoms with Crippen LogP contribution in [0.1, 0.15) is 19.8 Å². The number of hydrogen-bond acceptors (Lipinski definition) is 3. The molecule has 0 unspecified atom stereocenters. The van der Waals surface area contributed by atoms with E-state index in [4.69, 9.17) is 4.74 Å². The van der Waals surface area contributed by atoms with Crippen molar-refractivity contribution >= 4 is 9.84 Å².